The molecule has 0 unspecified atom stereocenters. The summed E-state index contributed by atoms with van der Waals surface area (Å²) in [5.74, 6) is -0.486. The van der Waals surface area contributed by atoms with E-state index in [9.17, 15) is 9.18 Å². The highest BCUT2D eigenvalue weighted by atomic mass is 19.1. The summed E-state index contributed by atoms with van der Waals surface area (Å²) in [5.41, 5.74) is 2.90. The lowest BCUT2D eigenvalue weighted by atomic mass is 10.0. The van der Waals surface area contributed by atoms with Crippen LogP contribution in [0.3, 0.4) is 0 Å². The van der Waals surface area contributed by atoms with Crippen molar-refractivity contribution in [3.05, 3.63) is 65.5 Å². The summed E-state index contributed by atoms with van der Waals surface area (Å²) in [5, 5.41) is 3.04. The van der Waals surface area contributed by atoms with E-state index < -0.39 is 0 Å². The molecule has 26 heavy (non-hydrogen) atoms. The van der Waals surface area contributed by atoms with Crippen LogP contribution in [0.4, 0.5) is 10.1 Å². The van der Waals surface area contributed by atoms with E-state index in [2.05, 4.69) is 34.5 Å². The van der Waals surface area contributed by atoms with E-state index in [1.54, 1.807) is 0 Å². The molecule has 0 spiro atoms. The van der Waals surface area contributed by atoms with Crippen LogP contribution in [-0.2, 0) is 0 Å². The van der Waals surface area contributed by atoms with Crippen molar-refractivity contribution >= 4 is 11.6 Å². The van der Waals surface area contributed by atoms with Crippen molar-refractivity contribution in [3.8, 4) is 0 Å². The fourth-order valence-electron chi connectivity index (χ4n) is 3.58. The number of nitrogens with one attached hydrogen (secondary N) is 2. The number of anilines is 1. The van der Waals surface area contributed by atoms with Gasteiger partial charge in [-0.2, -0.15) is 0 Å². The summed E-state index contributed by atoms with van der Waals surface area (Å²) in [4.78, 5) is 16.0. The number of hydrogen-bond acceptors (Lipinski definition) is 2. The Balaban J connectivity index is 1.72. The first kappa shape index (κ1) is 18.4. The third kappa shape index (κ3) is 4.41. The van der Waals surface area contributed by atoms with E-state index in [-0.39, 0.29) is 17.8 Å². The number of amides is 1. The number of rotatable bonds is 6. The molecule has 1 amide bonds. The Hall–Kier alpha value is -2.40. The number of carbonyl (C=O) groups excluding carboxylic acids is 1. The number of nitrogens with zero attached hydrogens (tertiary/aromatic N) is 1. The van der Waals surface area contributed by atoms with Crippen LogP contribution in [0.15, 0.2) is 48.5 Å². The summed E-state index contributed by atoms with van der Waals surface area (Å²) in [6.45, 7) is 2.84. The third-order valence-electron chi connectivity index (χ3n) is 5.12. The first-order valence-corrected chi connectivity index (χ1v) is 9.20. The van der Waals surface area contributed by atoms with E-state index in [1.165, 1.54) is 53.3 Å². The minimum atomic E-state index is -0.332. The molecule has 1 aliphatic heterocycles. The minimum absolute atomic E-state index is 0.154. The third-order valence-corrected chi connectivity index (χ3v) is 5.12. The maximum atomic E-state index is 13.0. The first-order valence-electron chi connectivity index (χ1n) is 9.20. The predicted octanol–water partition coefficient (Wildman–Crippen LogP) is 2.04. The highest BCUT2D eigenvalue weighted by molar-refractivity contribution is 5.94. The van der Waals surface area contributed by atoms with Gasteiger partial charge in [-0.15, -0.1) is 0 Å². The molecule has 0 aromatic heterocycles. The van der Waals surface area contributed by atoms with Crippen molar-refractivity contribution in [2.24, 2.45) is 0 Å². The maximum Gasteiger partial charge on any atom is 0.251 e. The van der Waals surface area contributed by atoms with Gasteiger partial charge in [0.25, 0.3) is 5.91 Å². The molecule has 2 N–H and O–H groups in total. The molecule has 1 atom stereocenters. The van der Waals surface area contributed by atoms with Gasteiger partial charge in [0.2, 0.25) is 0 Å². The Labute approximate surface area is 154 Å². The largest absolute Gasteiger partial charge is 0.378 e. The van der Waals surface area contributed by atoms with Crippen molar-refractivity contribution < 1.29 is 14.1 Å². The summed E-state index contributed by atoms with van der Waals surface area (Å²) in [6.07, 6.45) is 2.46. The monoisotopic (exact) mass is 356 g/mol. The molecule has 3 rings (SSSR count). The van der Waals surface area contributed by atoms with E-state index in [0.29, 0.717) is 12.1 Å². The molecule has 1 fully saturated rings. The molecular formula is C21H27FN3O+. The molecule has 0 bridgehead atoms. The fourth-order valence-corrected chi connectivity index (χ4v) is 3.58. The lowest BCUT2D eigenvalue weighted by Crippen LogP contribution is -3.11. The summed E-state index contributed by atoms with van der Waals surface area (Å²) >= 11 is 0. The molecule has 2 aromatic carbocycles. The number of halogens is 1. The second kappa shape index (κ2) is 8.32. The van der Waals surface area contributed by atoms with Crippen molar-refractivity contribution in [2.75, 3.05) is 38.6 Å². The molecule has 2 aromatic rings. The van der Waals surface area contributed by atoms with Crippen LogP contribution in [0.1, 0.15) is 34.8 Å². The lowest BCUT2D eigenvalue weighted by Gasteiger charge is -2.26. The van der Waals surface area contributed by atoms with Crippen molar-refractivity contribution in [2.45, 2.75) is 18.9 Å². The van der Waals surface area contributed by atoms with Crippen LogP contribution in [0.5, 0.6) is 0 Å². The van der Waals surface area contributed by atoms with Gasteiger partial charge in [-0.1, -0.05) is 12.1 Å². The van der Waals surface area contributed by atoms with Crippen molar-refractivity contribution in [1.29, 1.82) is 0 Å². The van der Waals surface area contributed by atoms with Crippen molar-refractivity contribution in [1.82, 2.24) is 5.32 Å². The number of benzene rings is 2. The summed E-state index contributed by atoms with van der Waals surface area (Å²) in [7, 11) is 4.06. The number of quaternary nitrogens is 1. The number of hydrogen-bond donors (Lipinski definition) is 2. The highest BCUT2D eigenvalue weighted by Crippen LogP contribution is 2.17. The van der Waals surface area contributed by atoms with Crippen molar-refractivity contribution in [3.63, 3.8) is 0 Å². The normalized spacial score (nSPS) is 15.7. The van der Waals surface area contributed by atoms with E-state index in [1.807, 2.05) is 14.1 Å². The Morgan fingerprint density at radius 1 is 1.08 bits per heavy atom. The molecule has 138 valence electrons. The molecular weight excluding hydrogens is 329 g/mol. The van der Waals surface area contributed by atoms with Gasteiger partial charge in [-0.3, -0.25) is 4.79 Å². The smallest absolute Gasteiger partial charge is 0.251 e. The van der Waals surface area contributed by atoms with E-state index in [4.69, 9.17) is 0 Å². The average Bonchev–Trinajstić information content (AvgIpc) is 3.17. The van der Waals surface area contributed by atoms with Gasteiger partial charge in [0.05, 0.1) is 19.6 Å². The molecule has 4 nitrogen and oxygen atoms in total. The molecule has 0 radical (unpaired) electrons. The number of carbonyl (C=O) groups is 1. The zero-order chi connectivity index (χ0) is 18.5. The van der Waals surface area contributed by atoms with Crippen LogP contribution in [0.25, 0.3) is 0 Å². The molecule has 1 aliphatic rings. The second-order valence-corrected chi connectivity index (χ2v) is 7.12. The molecule has 1 saturated heterocycles. The van der Waals surface area contributed by atoms with Crippen LogP contribution < -0.4 is 15.1 Å². The lowest BCUT2D eigenvalue weighted by molar-refractivity contribution is -0.918. The Bertz CT molecular complexity index is 722. The summed E-state index contributed by atoms with van der Waals surface area (Å²) in [6, 6.07) is 14.5. The van der Waals surface area contributed by atoms with Gasteiger partial charge in [0.15, 0.2) is 0 Å². The molecule has 0 aliphatic carbocycles. The van der Waals surface area contributed by atoms with Crippen LogP contribution in [-0.4, -0.2) is 39.6 Å². The Morgan fingerprint density at radius 2 is 1.69 bits per heavy atom. The topological polar surface area (TPSA) is 36.8 Å². The van der Waals surface area contributed by atoms with Gasteiger partial charge in [0.1, 0.15) is 11.9 Å². The Kier molecular flexibility index (Phi) is 5.89. The van der Waals surface area contributed by atoms with Crippen LogP contribution in [0, 0.1) is 5.82 Å². The van der Waals surface area contributed by atoms with Gasteiger partial charge in [-0.05, 0) is 36.4 Å². The van der Waals surface area contributed by atoms with Gasteiger partial charge in [0, 0.05) is 43.8 Å². The maximum absolute atomic E-state index is 13.0. The zero-order valence-corrected chi connectivity index (χ0v) is 15.5. The molecule has 1 heterocycles. The second-order valence-electron chi connectivity index (χ2n) is 7.12. The van der Waals surface area contributed by atoms with Crippen LogP contribution >= 0.6 is 0 Å². The minimum Gasteiger partial charge on any atom is -0.378 e. The van der Waals surface area contributed by atoms with E-state index >= 15 is 0 Å². The zero-order valence-electron chi connectivity index (χ0n) is 15.5. The standard InChI is InChI=1S/C21H26FN3O/c1-24(2)19-11-7-16(8-12-19)20(25-13-3-4-14-25)15-23-21(26)17-5-9-18(22)10-6-17/h5-12,20H,3-4,13-15H2,1-2H3,(H,23,26)/p+1/t20-/m1/s1. The van der Waals surface area contributed by atoms with Gasteiger partial charge >= 0.3 is 0 Å². The quantitative estimate of drug-likeness (QED) is 0.831. The first-order chi connectivity index (χ1) is 12.5. The summed E-state index contributed by atoms with van der Waals surface area (Å²) < 4.78 is 13.0. The van der Waals surface area contributed by atoms with Gasteiger partial charge < -0.3 is 15.1 Å². The van der Waals surface area contributed by atoms with Crippen LogP contribution in [0.2, 0.25) is 0 Å². The molecule has 5 heteroatoms. The average molecular weight is 356 g/mol. The fraction of sp³-hybridized carbons (Fsp3) is 0.381. The molecule has 0 saturated carbocycles. The number of likely N-dealkylation sites (tertiary alicyclic amines) is 1. The van der Waals surface area contributed by atoms with Gasteiger partial charge in [-0.25, -0.2) is 4.39 Å². The predicted molar refractivity (Wildman–Crippen MR) is 102 cm³/mol. The highest BCUT2D eigenvalue weighted by Gasteiger charge is 2.28. The SMILES string of the molecule is CN(C)c1ccc([C@@H](CNC(=O)c2ccc(F)cc2)[NH+]2CCCC2)cc1. The Morgan fingerprint density at radius 3 is 2.27 bits per heavy atom. The van der Waals surface area contributed by atoms with E-state index in [0.717, 1.165) is 13.1 Å².